The molecule has 0 bridgehead atoms. The molecule has 0 saturated carbocycles. The predicted molar refractivity (Wildman–Crippen MR) is 174 cm³/mol. The van der Waals surface area contributed by atoms with Crippen LogP contribution in [0, 0.1) is 0 Å². The van der Waals surface area contributed by atoms with Crippen molar-refractivity contribution in [1.29, 1.82) is 0 Å². The topological polar surface area (TPSA) is 103 Å². The first kappa shape index (κ1) is 30.9. The molecule has 0 radical (unpaired) electrons. The maximum Gasteiger partial charge on any atom is 0.415 e. The van der Waals surface area contributed by atoms with Crippen LogP contribution in [0.4, 0.5) is 4.79 Å². The van der Waals surface area contributed by atoms with Crippen LogP contribution in [0.2, 0.25) is 0 Å². The van der Waals surface area contributed by atoms with Crippen molar-refractivity contribution in [2.45, 2.75) is 104 Å². The predicted octanol–water partition coefficient (Wildman–Crippen LogP) is 5.52. The summed E-state index contributed by atoms with van der Waals surface area (Å²) in [7, 11) is 0. The fourth-order valence-electron chi connectivity index (χ4n) is 8.06. The first-order valence-electron chi connectivity index (χ1n) is 17.0. The number of rotatable bonds is 6. The van der Waals surface area contributed by atoms with Gasteiger partial charge in [-0.15, -0.1) is 0 Å². The molecule has 3 aromatic rings. The van der Waals surface area contributed by atoms with Crippen molar-refractivity contribution in [2.24, 2.45) is 0 Å². The number of aryl methyl sites for hydroxylation is 1. The molecule has 10 heteroatoms. The van der Waals surface area contributed by atoms with Crippen molar-refractivity contribution in [2.75, 3.05) is 26.2 Å². The van der Waals surface area contributed by atoms with Crippen LogP contribution in [-0.2, 0) is 39.4 Å². The molecule has 10 nitrogen and oxygen atoms in total. The molecule has 46 heavy (non-hydrogen) atoms. The number of carbonyl (C=O) groups is 2. The third kappa shape index (κ3) is 5.10. The Bertz CT molecular complexity index is 1750. The van der Waals surface area contributed by atoms with E-state index in [2.05, 4.69) is 11.8 Å². The van der Waals surface area contributed by atoms with Crippen molar-refractivity contribution >= 4 is 23.0 Å². The molecule has 244 valence electrons. The lowest BCUT2D eigenvalue weighted by atomic mass is 9.85. The molecule has 0 aliphatic carbocycles. The first-order chi connectivity index (χ1) is 22.2. The zero-order valence-electron chi connectivity index (χ0n) is 27.4. The van der Waals surface area contributed by atoms with E-state index in [9.17, 15) is 14.4 Å². The van der Waals surface area contributed by atoms with Gasteiger partial charge in [-0.05, 0) is 95.3 Å². The van der Waals surface area contributed by atoms with E-state index in [0.717, 1.165) is 40.6 Å². The number of amides is 1. The van der Waals surface area contributed by atoms with Gasteiger partial charge in [0.25, 0.3) is 5.56 Å². The Labute approximate surface area is 269 Å². The van der Waals surface area contributed by atoms with Crippen LogP contribution in [-0.4, -0.2) is 69.7 Å². The molecule has 7 rings (SSSR count). The van der Waals surface area contributed by atoms with Gasteiger partial charge in [-0.3, -0.25) is 4.79 Å². The summed E-state index contributed by atoms with van der Waals surface area (Å²) in [4.78, 5) is 49.7. The summed E-state index contributed by atoms with van der Waals surface area (Å²) in [5.41, 5.74) is 3.71. The quantitative estimate of drug-likeness (QED) is 0.257. The van der Waals surface area contributed by atoms with Gasteiger partial charge in [-0.25, -0.2) is 14.6 Å². The average molecular weight is 629 g/mol. The fraction of sp³-hybridized carbons (Fsp3) is 0.556. The van der Waals surface area contributed by atoms with E-state index in [1.807, 2.05) is 43.9 Å². The van der Waals surface area contributed by atoms with Gasteiger partial charge in [0, 0.05) is 35.6 Å². The molecule has 4 aliphatic rings. The number of benzene rings is 1. The first-order valence-corrected chi connectivity index (χ1v) is 17.0. The largest absolute Gasteiger partial charge is 0.458 e. The van der Waals surface area contributed by atoms with E-state index < -0.39 is 11.6 Å². The number of pyridine rings is 2. The number of hydrogen-bond acceptors (Lipinski definition) is 8. The molecule has 4 aliphatic heterocycles. The lowest BCUT2D eigenvalue weighted by Gasteiger charge is -2.39. The number of likely N-dealkylation sites (tertiary alicyclic amines) is 2. The molecule has 2 fully saturated rings. The molecule has 2 aromatic heterocycles. The number of fused-ring (bicyclic) bond motifs is 5. The molecule has 0 spiro atoms. The lowest BCUT2D eigenvalue weighted by Crippen LogP contribution is -2.48. The molecular weight excluding hydrogens is 584 g/mol. The number of ether oxygens (including phenoxy) is 3. The highest BCUT2D eigenvalue weighted by Crippen LogP contribution is 2.43. The van der Waals surface area contributed by atoms with Crippen LogP contribution in [0.5, 0.6) is 5.75 Å². The second-order valence-electron chi connectivity index (χ2n) is 13.4. The Balaban J connectivity index is 1.18. The van der Waals surface area contributed by atoms with Crippen LogP contribution in [0.25, 0.3) is 22.3 Å². The smallest absolute Gasteiger partial charge is 0.415 e. The van der Waals surface area contributed by atoms with E-state index in [-0.39, 0.29) is 24.4 Å². The summed E-state index contributed by atoms with van der Waals surface area (Å²) in [6, 6.07) is 8.05. The summed E-state index contributed by atoms with van der Waals surface area (Å²) >= 11 is 0. The van der Waals surface area contributed by atoms with Gasteiger partial charge < -0.3 is 28.6 Å². The maximum absolute atomic E-state index is 13.9. The van der Waals surface area contributed by atoms with Crippen molar-refractivity contribution in [1.82, 2.24) is 19.4 Å². The molecule has 2 saturated heterocycles. The number of nitrogens with zero attached hydrogens (tertiary/aromatic N) is 4. The van der Waals surface area contributed by atoms with Crippen molar-refractivity contribution in [3.63, 3.8) is 0 Å². The standard InChI is InChI=1S/C36H44N4O6/c1-5-25-26-18-24(45-35(43)39-16-12-23(13-17-39)38-14-8-7-9-15-38)10-11-30(26)37-32-27(25)20-40-31(32)19-29-28(33(40)41)21-44-34(42)36(29,6-2)46-22(3)4/h10-11,18-19,22-23H,5-9,12-17,20-21H2,1-4H3/t36-/m0/s1. The highest BCUT2D eigenvalue weighted by atomic mass is 16.6. The normalized spacial score (nSPS) is 21.7. The number of piperidine rings is 2. The second kappa shape index (κ2) is 12.1. The second-order valence-corrected chi connectivity index (χ2v) is 13.4. The van der Waals surface area contributed by atoms with Crippen LogP contribution < -0.4 is 10.3 Å². The highest BCUT2D eigenvalue weighted by Gasteiger charge is 2.48. The van der Waals surface area contributed by atoms with Gasteiger partial charge in [0.15, 0.2) is 5.60 Å². The third-order valence-corrected chi connectivity index (χ3v) is 10.4. The number of aromatic nitrogens is 2. The van der Waals surface area contributed by atoms with E-state index >= 15 is 0 Å². The molecular formula is C36H44N4O6. The number of cyclic esters (lactones) is 1. The Hall–Kier alpha value is -3.76. The minimum absolute atomic E-state index is 0.0759. The van der Waals surface area contributed by atoms with Crippen LogP contribution in [0.3, 0.4) is 0 Å². The minimum atomic E-state index is -1.34. The average Bonchev–Trinajstić information content (AvgIpc) is 3.44. The van der Waals surface area contributed by atoms with Gasteiger partial charge in [-0.1, -0.05) is 20.3 Å². The fourth-order valence-corrected chi connectivity index (χ4v) is 8.06. The van der Waals surface area contributed by atoms with Gasteiger partial charge in [0.2, 0.25) is 0 Å². The van der Waals surface area contributed by atoms with Gasteiger partial charge in [-0.2, -0.15) is 0 Å². The van der Waals surface area contributed by atoms with Gasteiger partial charge >= 0.3 is 12.1 Å². The van der Waals surface area contributed by atoms with E-state index in [1.165, 1.54) is 32.4 Å². The van der Waals surface area contributed by atoms with Gasteiger partial charge in [0.05, 0.1) is 35.1 Å². The maximum atomic E-state index is 13.9. The molecule has 0 N–H and O–H groups in total. The summed E-state index contributed by atoms with van der Waals surface area (Å²) in [6.07, 6.45) is 6.33. The monoisotopic (exact) mass is 628 g/mol. The number of carbonyl (C=O) groups excluding carboxylic acids is 2. The summed E-state index contributed by atoms with van der Waals surface area (Å²) in [5, 5.41) is 0.908. The molecule has 1 aromatic carbocycles. The Morgan fingerprint density at radius 2 is 1.80 bits per heavy atom. The number of esters is 1. The van der Waals surface area contributed by atoms with E-state index in [4.69, 9.17) is 19.2 Å². The van der Waals surface area contributed by atoms with Crippen LogP contribution >= 0.6 is 0 Å². The lowest BCUT2D eigenvalue weighted by molar-refractivity contribution is -0.187. The Morgan fingerprint density at radius 1 is 1.04 bits per heavy atom. The summed E-state index contributed by atoms with van der Waals surface area (Å²) in [6.45, 7) is 11.8. The highest BCUT2D eigenvalue weighted by molar-refractivity contribution is 5.90. The van der Waals surface area contributed by atoms with Crippen LogP contribution in [0.1, 0.15) is 88.5 Å². The SMILES string of the molecule is CCc1c2c(nc3ccc(OC(=O)N4CCC(N5CCCCC5)CC4)cc13)-c1cc3c(c(=O)n1C2)COC(=O)[C@@]3(CC)OC(C)C. The van der Waals surface area contributed by atoms with E-state index in [1.54, 1.807) is 10.6 Å². The molecule has 1 amide bonds. The molecule has 1 atom stereocenters. The minimum Gasteiger partial charge on any atom is -0.458 e. The number of hydrogen-bond donors (Lipinski definition) is 0. The van der Waals surface area contributed by atoms with Crippen molar-refractivity contribution in [3.8, 4) is 17.1 Å². The third-order valence-electron chi connectivity index (χ3n) is 10.4. The van der Waals surface area contributed by atoms with Crippen molar-refractivity contribution in [3.05, 3.63) is 56.9 Å². The summed E-state index contributed by atoms with van der Waals surface area (Å²) in [5.74, 6) is 0.0254. The van der Waals surface area contributed by atoms with Gasteiger partial charge in [0.1, 0.15) is 12.4 Å². The molecule has 0 unspecified atom stereocenters. The molecule has 6 heterocycles. The Kier molecular flexibility index (Phi) is 8.13. The zero-order valence-corrected chi connectivity index (χ0v) is 27.4. The van der Waals surface area contributed by atoms with E-state index in [0.29, 0.717) is 61.1 Å². The van der Waals surface area contributed by atoms with Crippen molar-refractivity contribution < 1.29 is 23.8 Å². The summed E-state index contributed by atoms with van der Waals surface area (Å²) < 4.78 is 19.4. The van der Waals surface area contributed by atoms with Crippen LogP contribution in [0.15, 0.2) is 29.1 Å². The Morgan fingerprint density at radius 3 is 2.50 bits per heavy atom. The zero-order chi connectivity index (χ0) is 32.2.